The van der Waals surface area contributed by atoms with Crippen LogP contribution in [0.1, 0.15) is 207 Å². The summed E-state index contributed by atoms with van der Waals surface area (Å²) in [4.78, 5) is 7.91. The summed E-state index contributed by atoms with van der Waals surface area (Å²) < 4.78 is 7.94. The highest BCUT2D eigenvalue weighted by Crippen LogP contribution is 2.60. The summed E-state index contributed by atoms with van der Waals surface area (Å²) >= 11 is 0. The number of fused-ring (bicyclic) bond motifs is 10. The third-order valence-corrected chi connectivity index (χ3v) is 21.8. The summed E-state index contributed by atoms with van der Waals surface area (Å²) in [6.45, 7) is 39.0. The SMILES string of the molecule is CC(C)(C)c1cc(N2c3cc4c(cc3B3c5oc6cc7c(cc6c5N(c5ccc6c(c5)C(C)(C)CCC6(C)C)c5cc(N(c6ccccc6)c6ccccc6)cc2c53)C2(C)CCC7(C)CC2)C(C)(C)CCC4(C)C)cc(C(C)(C)C)c1. The van der Waals surface area contributed by atoms with E-state index in [-0.39, 0.29) is 50.0 Å². The van der Waals surface area contributed by atoms with Crippen molar-refractivity contribution in [1.82, 2.24) is 0 Å². The number of hydrogen-bond donors (Lipinski definition) is 0. The molecule has 7 aliphatic rings. The summed E-state index contributed by atoms with van der Waals surface area (Å²) in [7, 11) is 0. The van der Waals surface area contributed by atoms with E-state index in [1.807, 2.05) is 0 Å². The van der Waals surface area contributed by atoms with E-state index in [1.54, 1.807) is 0 Å². The third-order valence-electron chi connectivity index (χ3n) is 21.8. The number of furan rings is 1. The molecule has 8 aromatic rings. The molecule has 5 heteroatoms. The number of nitrogens with zero attached hydrogens (tertiary/aromatic N) is 3. The quantitative estimate of drug-likeness (QED) is 0.160. The summed E-state index contributed by atoms with van der Waals surface area (Å²) in [6, 6.07) is 52.9. The lowest BCUT2D eigenvalue weighted by Crippen LogP contribution is -2.61. The lowest BCUT2D eigenvalue weighted by atomic mass is 9.35. The van der Waals surface area contributed by atoms with Crippen molar-refractivity contribution >= 4 is 85.5 Å². The lowest BCUT2D eigenvalue weighted by Gasteiger charge is -2.52. The van der Waals surface area contributed by atoms with Crippen LogP contribution in [-0.4, -0.2) is 6.71 Å². The van der Waals surface area contributed by atoms with Crippen LogP contribution in [-0.2, 0) is 43.3 Å². The highest BCUT2D eigenvalue weighted by molar-refractivity contribution is 7.00. The van der Waals surface area contributed by atoms with Crippen LogP contribution in [0.2, 0.25) is 0 Å². The molecule has 0 amide bonds. The smallest absolute Gasteiger partial charge is 0.297 e. The molecule has 3 heterocycles. The molecule has 2 bridgehead atoms. The topological polar surface area (TPSA) is 22.9 Å². The predicted molar refractivity (Wildman–Crippen MR) is 346 cm³/mol. The Morgan fingerprint density at radius 3 is 1.43 bits per heavy atom. The van der Waals surface area contributed by atoms with Gasteiger partial charge in [-0.2, -0.15) is 0 Å². The zero-order chi connectivity index (χ0) is 56.9. The maximum absolute atomic E-state index is 7.94. The van der Waals surface area contributed by atoms with Gasteiger partial charge in [-0.05, 0) is 229 Å². The van der Waals surface area contributed by atoms with Gasteiger partial charge in [0.05, 0.1) is 17.0 Å². The van der Waals surface area contributed by atoms with Gasteiger partial charge in [-0.1, -0.05) is 165 Å². The maximum Gasteiger partial charge on any atom is 0.297 e. The van der Waals surface area contributed by atoms with Gasteiger partial charge in [0.15, 0.2) is 0 Å². The van der Waals surface area contributed by atoms with Crippen LogP contribution in [0.4, 0.5) is 51.2 Å². The van der Waals surface area contributed by atoms with Crippen molar-refractivity contribution in [2.24, 2.45) is 0 Å². The second-order valence-electron chi connectivity index (χ2n) is 31.3. The molecule has 0 saturated heterocycles. The highest BCUT2D eigenvalue weighted by atomic mass is 16.3. The van der Waals surface area contributed by atoms with Gasteiger partial charge < -0.3 is 19.1 Å². The van der Waals surface area contributed by atoms with E-state index in [4.69, 9.17) is 4.42 Å². The molecular formula is C76H86BN3O. The first-order valence-electron chi connectivity index (χ1n) is 30.9. The zero-order valence-electron chi connectivity index (χ0n) is 51.7. The second kappa shape index (κ2) is 17.1. The van der Waals surface area contributed by atoms with Gasteiger partial charge >= 0.3 is 0 Å². The molecule has 0 N–H and O–H groups in total. The van der Waals surface area contributed by atoms with Gasteiger partial charge in [0, 0.05) is 45.2 Å². The van der Waals surface area contributed by atoms with Crippen molar-refractivity contribution in [3.63, 3.8) is 0 Å². The zero-order valence-corrected chi connectivity index (χ0v) is 51.7. The first-order chi connectivity index (χ1) is 38.1. The van der Waals surface area contributed by atoms with E-state index in [0.717, 1.165) is 47.6 Å². The summed E-state index contributed by atoms with van der Waals surface area (Å²) in [5.41, 5.74) is 27.0. The maximum atomic E-state index is 7.94. The van der Waals surface area contributed by atoms with Crippen molar-refractivity contribution in [3.05, 3.63) is 178 Å². The fourth-order valence-corrected chi connectivity index (χ4v) is 16.1. The van der Waals surface area contributed by atoms with E-state index in [1.165, 1.54) is 127 Å². The van der Waals surface area contributed by atoms with Gasteiger partial charge in [0.25, 0.3) is 6.71 Å². The minimum absolute atomic E-state index is 0.000235. The molecule has 4 nitrogen and oxygen atoms in total. The predicted octanol–water partition coefficient (Wildman–Crippen LogP) is 19.4. The molecule has 15 rings (SSSR count). The fourth-order valence-electron chi connectivity index (χ4n) is 16.1. The van der Waals surface area contributed by atoms with Crippen LogP contribution in [0.3, 0.4) is 0 Å². The Hall–Kier alpha value is -6.46. The van der Waals surface area contributed by atoms with E-state index >= 15 is 0 Å². The monoisotopic (exact) mass is 1070 g/mol. The average molecular weight is 1070 g/mol. The van der Waals surface area contributed by atoms with E-state index < -0.39 is 0 Å². The van der Waals surface area contributed by atoms with Crippen LogP contribution in [0, 0.1) is 0 Å². The van der Waals surface area contributed by atoms with E-state index in [2.05, 4.69) is 259 Å². The van der Waals surface area contributed by atoms with E-state index in [0.29, 0.717) is 0 Å². The number of para-hydroxylation sites is 2. The molecule has 7 aromatic carbocycles. The standard InChI is InChI=1S/C76H86BN3O/c1-69(2,3)47-37-48(70(4,5)6)39-52(38-47)79-62-45-58-57(73(11,12)31-32-74(58,13)14)44-61(62)77-66-63(79)41-53(78(49-23-19-17-20-24-49)50-25-21-18-22-26-50)42-64(66)80(51-27-28-55-56(40-51)72(9,10)30-29-71(55,7)8)67-54-43-59-60(46-65(54)81-68(67)77)76(16)35-33-75(59,15)34-36-76/h17-28,37-46H,29-36H2,1-16H3. The Bertz CT molecular complexity index is 3830. The Balaban J connectivity index is 1.18. The molecule has 0 radical (unpaired) electrons. The second-order valence-corrected chi connectivity index (χ2v) is 31.3. The van der Waals surface area contributed by atoms with Crippen LogP contribution in [0.15, 0.2) is 138 Å². The van der Waals surface area contributed by atoms with Crippen LogP contribution in [0.25, 0.3) is 11.0 Å². The van der Waals surface area contributed by atoms with Crippen LogP contribution in [0.5, 0.6) is 0 Å². The number of rotatable bonds is 5. The molecule has 1 saturated carbocycles. The van der Waals surface area contributed by atoms with Gasteiger partial charge in [-0.3, -0.25) is 0 Å². The summed E-state index contributed by atoms with van der Waals surface area (Å²) in [6.07, 6.45) is 9.49. The number of benzene rings is 7. The number of hydrogen-bond acceptors (Lipinski definition) is 4. The van der Waals surface area contributed by atoms with Crippen LogP contribution >= 0.6 is 0 Å². The van der Waals surface area contributed by atoms with Crippen LogP contribution < -0.4 is 31.3 Å². The Morgan fingerprint density at radius 1 is 0.420 bits per heavy atom. The molecule has 414 valence electrons. The Kier molecular flexibility index (Phi) is 11.1. The van der Waals surface area contributed by atoms with Gasteiger partial charge in [-0.15, -0.1) is 0 Å². The molecule has 0 atom stereocenters. The molecule has 1 aromatic heterocycles. The molecule has 0 unspecified atom stereocenters. The summed E-state index contributed by atoms with van der Waals surface area (Å²) in [5, 5.41) is 1.23. The molecule has 0 spiro atoms. The first-order valence-corrected chi connectivity index (χ1v) is 30.9. The lowest BCUT2D eigenvalue weighted by molar-refractivity contribution is 0.188. The van der Waals surface area contributed by atoms with Gasteiger partial charge in [0.1, 0.15) is 5.58 Å². The minimum Gasteiger partial charge on any atom is -0.468 e. The van der Waals surface area contributed by atoms with Gasteiger partial charge in [-0.25, -0.2) is 0 Å². The largest absolute Gasteiger partial charge is 0.468 e. The van der Waals surface area contributed by atoms with Crippen molar-refractivity contribution in [2.75, 3.05) is 14.7 Å². The Morgan fingerprint density at radius 2 is 0.901 bits per heavy atom. The molecule has 5 aliphatic carbocycles. The Labute approximate surface area is 485 Å². The van der Waals surface area contributed by atoms with E-state index in [9.17, 15) is 0 Å². The van der Waals surface area contributed by atoms with Crippen molar-refractivity contribution in [2.45, 2.75) is 205 Å². The fraction of sp³-hybridized carbons (Fsp3) is 0.421. The normalized spacial score (nSPS) is 22.3. The molecule has 2 aliphatic heterocycles. The van der Waals surface area contributed by atoms with Crippen molar-refractivity contribution < 1.29 is 4.42 Å². The summed E-state index contributed by atoms with van der Waals surface area (Å²) in [5.74, 6) is 0. The molecule has 1 fully saturated rings. The van der Waals surface area contributed by atoms with Crippen molar-refractivity contribution in [3.8, 4) is 0 Å². The highest BCUT2D eigenvalue weighted by Gasteiger charge is 2.52. The first kappa shape index (κ1) is 52.6. The van der Waals surface area contributed by atoms with Crippen molar-refractivity contribution in [1.29, 1.82) is 0 Å². The molecular weight excluding hydrogens is 982 g/mol. The van der Waals surface area contributed by atoms with Gasteiger partial charge in [0.2, 0.25) is 0 Å². The average Bonchev–Trinajstić information content (AvgIpc) is 2.66. The number of anilines is 9. The minimum atomic E-state index is -0.192. The third kappa shape index (κ3) is 7.88. The molecule has 81 heavy (non-hydrogen) atoms.